The van der Waals surface area contributed by atoms with Gasteiger partial charge in [0, 0.05) is 20.1 Å². The number of carbonyl (C=O) groups excluding carboxylic acids is 1. The van der Waals surface area contributed by atoms with E-state index in [0.717, 1.165) is 15.7 Å². The van der Waals surface area contributed by atoms with Gasteiger partial charge in [0.15, 0.2) is 0 Å². The normalized spacial score (nSPS) is 15.2. The molecule has 138 valence electrons. The van der Waals surface area contributed by atoms with E-state index in [4.69, 9.17) is 23.2 Å². The van der Waals surface area contributed by atoms with Gasteiger partial charge in [0.25, 0.3) is 5.91 Å². The van der Waals surface area contributed by atoms with Crippen molar-refractivity contribution in [3.8, 4) is 0 Å². The van der Waals surface area contributed by atoms with Gasteiger partial charge in [0.1, 0.15) is 11.5 Å². The summed E-state index contributed by atoms with van der Waals surface area (Å²) in [6, 6.07) is 22.2. The smallest absolute Gasteiger partial charge is 0.266 e. The van der Waals surface area contributed by atoms with Crippen LogP contribution in [0.2, 0.25) is 10.0 Å². The third-order valence-electron chi connectivity index (χ3n) is 4.24. The van der Waals surface area contributed by atoms with E-state index in [1.54, 1.807) is 29.2 Å². The zero-order valence-electron chi connectivity index (χ0n) is 14.4. The number of halogens is 3. The molecule has 0 N–H and O–H groups in total. The average molecular weight is 472 g/mol. The Morgan fingerprint density at radius 1 is 0.929 bits per heavy atom. The van der Waals surface area contributed by atoms with Crippen LogP contribution in [0.1, 0.15) is 11.1 Å². The molecule has 0 saturated heterocycles. The van der Waals surface area contributed by atoms with E-state index in [0.29, 0.717) is 27.1 Å². The number of amides is 1. The SMILES string of the molecule is O=C1/C(=C\c2ccc(Cl)cc2Cl)N=C(c2ccccc2Br)N1c1ccccc1. The third kappa shape index (κ3) is 3.63. The highest BCUT2D eigenvalue weighted by Gasteiger charge is 2.33. The minimum Gasteiger partial charge on any atom is -0.266 e. The van der Waals surface area contributed by atoms with E-state index in [1.807, 2.05) is 54.6 Å². The molecule has 0 aromatic heterocycles. The number of benzene rings is 3. The second-order valence-corrected chi connectivity index (χ2v) is 7.78. The Labute approximate surface area is 181 Å². The van der Waals surface area contributed by atoms with E-state index in [2.05, 4.69) is 20.9 Å². The van der Waals surface area contributed by atoms with Crippen molar-refractivity contribution in [3.05, 3.63) is 104 Å². The van der Waals surface area contributed by atoms with Crippen molar-refractivity contribution in [2.24, 2.45) is 4.99 Å². The van der Waals surface area contributed by atoms with Gasteiger partial charge in [-0.25, -0.2) is 4.99 Å². The lowest BCUT2D eigenvalue weighted by atomic mass is 10.1. The number of amidine groups is 1. The van der Waals surface area contributed by atoms with Gasteiger partial charge >= 0.3 is 0 Å². The van der Waals surface area contributed by atoms with Crippen LogP contribution in [0.5, 0.6) is 0 Å². The first-order valence-electron chi connectivity index (χ1n) is 8.44. The zero-order valence-corrected chi connectivity index (χ0v) is 17.5. The lowest BCUT2D eigenvalue weighted by Gasteiger charge is -2.19. The summed E-state index contributed by atoms with van der Waals surface area (Å²) in [4.78, 5) is 19.5. The Balaban J connectivity index is 1.86. The van der Waals surface area contributed by atoms with Gasteiger partial charge in [-0.15, -0.1) is 0 Å². The molecule has 0 saturated carbocycles. The Morgan fingerprint density at radius 3 is 2.36 bits per heavy atom. The number of rotatable bonds is 3. The van der Waals surface area contributed by atoms with Crippen LogP contribution in [0.4, 0.5) is 5.69 Å². The van der Waals surface area contributed by atoms with Crippen molar-refractivity contribution in [2.45, 2.75) is 0 Å². The molecule has 4 rings (SSSR count). The van der Waals surface area contributed by atoms with Gasteiger partial charge in [-0.1, -0.05) is 81.6 Å². The zero-order chi connectivity index (χ0) is 19.7. The van der Waals surface area contributed by atoms with Gasteiger partial charge in [0.05, 0.1) is 5.69 Å². The first-order chi connectivity index (χ1) is 13.5. The lowest BCUT2D eigenvalue weighted by Crippen LogP contribution is -2.32. The van der Waals surface area contributed by atoms with Crippen molar-refractivity contribution in [2.75, 3.05) is 4.90 Å². The second-order valence-electron chi connectivity index (χ2n) is 6.09. The van der Waals surface area contributed by atoms with Crippen molar-refractivity contribution in [1.29, 1.82) is 0 Å². The predicted molar refractivity (Wildman–Crippen MR) is 119 cm³/mol. The molecule has 0 unspecified atom stereocenters. The molecular formula is C22H13BrCl2N2O. The Kier molecular flexibility index (Phi) is 5.36. The van der Waals surface area contributed by atoms with Crippen molar-refractivity contribution < 1.29 is 4.79 Å². The molecule has 0 aliphatic carbocycles. The van der Waals surface area contributed by atoms with Gasteiger partial charge in [-0.05, 0) is 42.0 Å². The van der Waals surface area contributed by atoms with Gasteiger partial charge in [0.2, 0.25) is 0 Å². The average Bonchev–Trinajstić information content (AvgIpc) is 3.01. The predicted octanol–water partition coefficient (Wildman–Crippen LogP) is 6.59. The molecule has 1 aliphatic heterocycles. The van der Waals surface area contributed by atoms with Crippen LogP contribution in [0.15, 0.2) is 88.0 Å². The van der Waals surface area contributed by atoms with E-state index >= 15 is 0 Å². The maximum absolute atomic E-state index is 13.2. The molecule has 0 spiro atoms. The molecule has 1 aliphatic rings. The van der Waals surface area contributed by atoms with Crippen LogP contribution in [-0.2, 0) is 4.79 Å². The maximum Gasteiger partial charge on any atom is 0.282 e. The molecular weight excluding hydrogens is 459 g/mol. The molecule has 1 amide bonds. The standard InChI is InChI=1S/C22H13BrCl2N2O/c23-18-9-5-4-8-17(18)21-26-20(12-14-10-11-15(24)13-19(14)25)22(28)27(21)16-6-2-1-3-7-16/h1-13H/b20-12+. The number of carbonyl (C=O) groups is 1. The fourth-order valence-corrected chi connectivity index (χ4v) is 3.85. The molecule has 0 bridgehead atoms. The lowest BCUT2D eigenvalue weighted by molar-refractivity contribution is -0.113. The minimum atomic E-state index is -0.219. The van der Waals surface area contributed by atoms with Crippen LogP contribution in [0.25, 0.3) is 6.08 Å². The molecule has 3 aromatic rings. The van der Waals surface area contributed by atoms with Crippen molar-refractivity contribution in [3.63, 3.8) is 0 Å². The second kappa shape index (κ2) is 7.92. The highest BCUT2D eigenvalue weighted by atomic mass is 79.9. The number of hydrogen-bond acceptors (Lipinski definition) is 2. The molecule has 3 nitrogen and oxygen atoms in total. The number of aliphatic imine (C=N–C) groups is 1. The monoisotopic (exact) mass is 470 g/mol. The first kappa shape index (κ1) is 18.9. The molecule has 3 aromatic carbocycles. The topological polar surface area (TPSA) is 32.7 Å². The quantitative estimate of drug-likeness (QED) is 0.396. The van der Waals surface area contributed by atoms with Crippen LogP contribution in [0, 0.1) is 0 Å². The van der Waals surface area contributed by atoms with E-state index in [9.17, 15) is 4.79 Å². The van der Waals surface area contributed by atoms with E-state index < -0.39 is 0 Å². The summed E-state index contributed by atoms with van der Waals surface area (Å²) in [5.74, 6) is 0.336. The summed E-state index contributed by atoms with van der Waals surface area (Å²) >= 11 is 15.8. The number of hydrogen-bond donors (Lipinski definition) is 0. The summed E-state index contributed by atoms with van der Waals surface area (Å²) < 4.78 is 0.855. The molecule has 0 radical (unpaired) electrons. The number of para-hydroxylation sites is 1. The van der Waals surface area contributed by atoms with Gasteiger partial charge in [-0.2, -0.15) is 0 Å². The number of nitrogens with zero attached hydrogens (tertiary/aromatic N) is 2. The van der Waals surface area contributed by atoms with Crippen LogP contribution >= 0.6 is 39.1 Å². The molecule has 1 heterocycles. The Hall–Kier alpha value is -2.40. The van der Waals surface area contributed by atoms with Gasteiger partial charge < -0.3 is 0 Å². The highest BCUT2D eigenvalue weighted by Crippen LogP contribution is 2.31. The minimum absolute atomic E-state index is 0.219. The van der Waals surface area contributed by atoms with Crippen molar-refractivity contribution >= 4 is 62.6 Å². The van der Waals surface area contributed by atoms with Crippen molar-refractivity contribution in [1.82, 2.24) is 0 Å². The van der Waals surface area contributed by atoms with Gasteiger partial charge in [-0.3, -0.25) is 9.69 Å². The first-order valence-corrected chi connectivity index (χ1v) is 9.99. The molecule has 28 heavy (non-hydrogen) atoms. The van der Waals surface area contributed by atoms with E-state index in [1.165, 1.54) is 0 Å². The summed E-state index contributed by atoms with van der Waals surface area (Å²) in [5, 5.41) is 0.997. The molecule has 6 heteroatoms. The summed E-state index contributed by atoms with van der Waals surface area (Å²) in [5.41, 5.74) is 2.55. The summed E-state index contributed by atoms with van der Waals surface area (Å²) in [6.45, 7) is 0. The summed E-state index contributed by atoms with van der Waals surface area (Å²) in [6.07, 6.45) is 1.68. The Morgan fingerprint density at radius 2 is 1.64 bits per heavy atom. The third-order valence-corrected chi connectivity index (χ3v) is 5.50. The van der Waals surface area contributed by atoms with Crippen LogP contribution < -0.4 is 4.90 Å². The number of anilines is 1. The molecule has 0 atom stereocenters. The Bertz CT molecular complexity index is 1130. The maximum atomic E-state index is 13.2. The largest absolute Gasteiger partial charge is 0.282 e. The fraction of sp³-hybridized carbons (Fsp3) is 0. The van der Waals surface area contributed by atoms with Crippen LogP contribution in [-0.4, -0.2) is 11.7 Å². The van der Waals surface area contributed by atoms with E-state index in [-0.39, 0.29) is 5.91 Å². The highest BCUT2D eigenvalue weighted by molar-refractivity contribution is 9.10. The molecule has 0 fully saturated rings. The fourth-order valence-electron chi connectivity index (χ4n) is 2.92. The van der Waals surface area contributed by atoms with Crippen LogP contribution in [0.3, 0.4) is 0 Å². The summed E-state index contributed by atoms with van der Waals surface area (Å²) in [7, 11) is 0.